The van der Waals surface area contributed by atoms with E-state index in [4.69, 9.17) is 11.6 Å². The van der Waals surface area contributed by atoms with Gasteiger partial charge in [0.05, 0.1) is 64.0 Å². The lowest BCUT2D eigenvalue weighted by atomic mass is 10.0. The van der Waals surface area contributed by atoms with Crippen LogP contribution < -0.4 is 10.6 Å². The van der Waals surface area contributed by atoms with Crippen LogP contribution in [0.25, 0.3) is 16.9 Å². The average molecular weight is 541 g/mol. The molecule has 0 aromatic carbocycles. The summed E-state index contributed by atoms with van der Waals surface area (Å²) in [5.74, 6) is -0.721. The number of alkyl halides is 4. The van der Waals surface area contributed by atoms with E-state index >= 15 is 0 Å². The number of amides is 1. The third-order valence-electron chi connectivity index (χ3n) is 5.21. The Morgan fingerprint density at radius 3 is 2.59 bits per heavy atom. The maximum atomic E-state index is 14.2. The van der Waals surface area contributed by atoms with E-state index in [0.29, 0.717) is 26.6 Å². The van der Waals surface area contributed by atoms with E-state index in [1.165, 1.54) is 43.0 Å². The van der Waals surface area contributed by atoms with Crippen molar-refractivity contribution in [3.05, 3.63) is 53.8 Å². The second-order valence-corrected chi connectivity index (χ2v) is 9.15. The second-order valence-electron chi connectivity index (χ2n) is 8.71. The number of nitrogens with one attached hydrogen (secondary N) is 2. The Morgan fingerprint density at radius 2 is 1.89 bits per heavy atom. The molecule has 0 spiro atoms. The number of pyridine rings is 1. The van der Waals surface area contributed by atoms with Gasteiger partial charge in [0.2, 0.25) is 0 Å². The number of halogens is 5. The van der Waals surface area contributed by atoms with Gasteiger partial charge in [0.25, 0.3) is 5.91 Å². The summed E-state index contributed by atoms with van der Waals surface area (Å²) in [4.78, 5) is 21.4. The van der Waals surface area contributed by atoms with Gasteiger partial charge in [0.15, 0.2) is 5.65 Å². The Morgan fingerprint density at radius 1 is 1.14 bits per heavy atom. The number of nitrogens with zero attached hydrogens (tertiary/aromatic N) is 6. The number of anilines is 2. The first-order valence-corrected chi connectivity index (χ1v) is 11.2. The number of fused-ring (bicyclic) bond motifs is 1. The van der Waals surface area contributed by atoms with Crippen LogP contribution in [0.5, 0.6) is 0 Å². The molecule has 1 unspecified atom stereocenters. The van der Waals surface area contributed by atoms with Crippen LogP contribution >= 0.6 is 11.6 Å². The molecule has 196 valence electrons. The van der Waals surface area contributed by atoms with Gasteiger partial charge in [-0.05, 0) is 19.9 Å². The third kappa shape index (κ3) is 6.32. The average Bonchev–Trinajstić information content (AvgIpc) is 3.41. The smallest absolute Gasteiger partial charge is 0.387 e. The van der Waals surface area contributed by atoms with Gasteiger partial charge in [-0.15, -0.1) is 0 Å². The van der Waals surface area contributed by atoms with E-state index in [2.05, 4.69) is 30.8 Å². The van der Waals surface area contributed by atoms with Crippen LogP contribution in [0.2, 0.25) is 5.02 Å². The molecule has 0 fully saturated rings. The SMILES string of the molecule is CC(C)(O)C(F)CNC(=O)c1cnc(-c2cnn3cc(Cl)cnc23)cc1Nc1cnn(CC(F)(F)F)c1. The minimum Gasteiger partial charge on any atom is -0.387 e. The fraction of sp³-hybridized carbons (Fsp3) is 0.318. The number of carbonyl (C=O) groups excluding carboxylic acids is 1. The Hall–Kier alpha value is -3.78. The van der Waals surface area contributed by atoms with Gasteiger partial charge < -0.3 is 15.7 Å². The molecule has 1 amide bonds. The molecule has 0 bridgehead atoms. The van der Waals surface area contributed by atoms with Crippen LogP contribution in [-0.2, 0) is 6.54 Å². The van der Waals surface area contributed by atoms with E-state index in [1.807, 2.05) is 0 Å². The summed E-state index contributed by atoms with van der Waals surface area (Å²) in [5.41, 5.74) is -0.132. The molecule has 0 saturated heterocycles. The molecule has 0 aliphatic rings. The van der Waals surface area contributed by atoms with Crippen molar-refractivity contribution < 1.29 is 27.5 Å². The Balaban J connectivity index is 1.68. The molecular weight excluding hydrogens is 520 g/mol. The van der Waals surface area contributed by atoms with E-state index in [1.54, 1.807) is 6.20 Å². The van der Waals surface area contributed by atoms with E-state index in [-0.39, 0.29) is 16.9 Å². The normalized spacial score (nSPS) is 13.1. The molecular formula is C22H21ClF4N8O2. The summed E-state index contributed by atoms with van der Waals surface area (Å²) in [7, 11) is 0. The molecule has 15 heteroatoms. The minimum atomic E-state index is -4.47. The number of aliphatic hydroxyl groups is 1. The molecule has 0 radical (unpaired) electrons. The standard InChI is InChI=1S/C22H21ClF4N8O2/c1-21(2,37)18(24)8-30-20(36)15-6-28-16(14-7-32-35-9-12(23)4-29-19(14)35)3-17(15)33-13-5-31-34(10-13)11-22(25,26)27/h3-7,9-10,18,37H,8,11H2,1-2H3,(H,28,33)(H,30,36). The first-order chi connectivity index (χ1) is 17.3. The van der Waals surface area contributed by atoms with Gasteiger partial charge in [-0.25, -0.2) is 13.9 Å². The van der Waals surface area contributed by atoms with Gasteiger partial charge in [-0.1, -0.05) is 11.6 Å². The summed E-state index contributed by atoms with van der Waals surface area (Å²) in [6, 6.07) is 1.48. The van der Waals surface area contributed by atoms with Crippen molar-refractivity contribution in [3.8, 4) is 11.3 Å². The fourth-order valence-corrected chi connectivity index (χ4v) is 3.44. The van der Waals surface area contributed by atoms with Crippen LogP contribution in [0.15, 0.2) is 43.2 Å². The molecule has 10 nitrogen and oxygen atoms in total. The van der Waals surface area contributed by atoms with Crippen LogP contribution in [0.3, 0.4) is 0 Å². The summed E-state index contributed by atoms with van der Waals surface area (Å²) in [6.07, 6.45) is 1.75. The summed E-state index contributed by atoms with van der Waals surface area (Å²) in [5, 5.41) is 23.3. The van der Waals surface area contributed by atoms with Crippen molar-refractivity contribution in [3.63, 3.8) is 0 Å². The fourth-order valence-electron chi connectivity index (χ4n) is 3.30. The molecule has 4 rings (SSSR count). The van der Waals surface area contributed by atoms with Crippen molar-refractivity contribution in [1.82, 2.24) is 34.7 Å². The lowest BCUT2D eigenvalue weighted by molar-refractivity contribution is -0.142. The molecule has 4 aromatic heterocycles. The molecule has 4 heterocycles. The lowest BCUT2D eigenvalue weighted by Crippen LogP contribution is -2.42. The van der Waals surface area contributed by atoms with Crippen molar-refractivity contribution in [2.75, 3.05) is 11.9 Å². The highest BCUT2D eigenvalue weighted by atomic mass is 35.5. The summed E-state index contributed by atoms with van der Waals surface area (Å²) >= 11 is 5.95. The largest absolute Gasteiger partial charge is 0.408 e. The van der Waals surface area contributed by atoms with Crippen molar-refractivity contribution in [2.24, 2.45) is 0 Å². The van der Waals surface area contributed by atoms with Gasteiger partial charge in [-0.2, -0.15) is 23.4 Å². The zero-order chi connectivity index (χ0) is 27.0. The van der Waals surface area contributed by atoms with Gasteiger partial charge in [0.1, 0.15) is 12.7 Å². The molecule has 0 aliphatic heterocycles. The van der Waals surface area contributed by atoms with Gasteiger partial charge in [0, 0.05) is 18.6 Å². The zero-order valence-corrected chi connectivity index (χ0v) is 20.2. The molecule has 4 aromatic rings. The number of aromatic nitrogens is 6. The topological polar surface area (TPSA) is 122 Å². The van der Waals surface area contributed by atoms with Crippen LogP contribution in [-0.4, -0.2) is 64.9 Å². The first kappa shape index (κ1) is 26.3. The highest BCUT2D eigenvalue weighted by molar-refractivity contribution is 6.30. The van der Waals surface area contributed by atoms with Crippen LogP contribution in [0, 0.1) is 0 Å². The van der Waals surface area contributed by atoms with Gasteiger partial charge in [-0.3, -0.25) is 14.5 Å². The number of hydrogen-bond donors (Lipinski definition) is 3. The maximum Gasteiger partial charge on any atom is 0.408 e. The van der Waals surface area contributed by atoms with Crippen molar-refractivity contribution >= 4 is 34.5 Å². The monoisotopic (exact) mass is 540 g/mol. The van der Waals surface area contributed by atoms with Crippen molar-refractivity contribution in [2.45, 2.75) is 38.3 Å². The Labute approximate surface area is 212 Å². The third-order valence-corrected chi connectivity index (χ3v) is 5.41. The summed E-state index contributed by atoms with van der Waals surface area (Å²) in [6.45, 7) is 0.757. The lowest BCUT2D eigenvalue weighted by Gasteiger charge is -2.22. The molecule has 1 atom stereocenters. The first-order valence-electron chi connectivity index (χ1n) is 10.8. The predicted molar refractivity (Wildman–Crippen MR) is 126 cm³/mol. The predicted octanol–water partition coefficient (Wildman–Crippen LogP) is 3.79. The van der Waals surface area contributed by atoms with E-state index < -0.39 is 36.9 Å². The Bertz CT molecular complexity index is 1430. The minimum absolute atomic E-state index is 0.0252. The number of hydrogen-bond acceptors (Lipinski definition) is 7. The maximum absolute atomic E-state index is 14.2. The zero-order valence-electron chi connectivity index (χ0n) is 19.5. The van der Waals surface area contributed by atoms with Crippen LogP contribution in [0.1, 0.15) is 24.2 Å². The van der Waals surface area contributed by atoms with Crippen LogP contribution in [0.4, 0.5) is 28.9 Å². The highest BCUT2D eigenvalue weighted by Crippen LogP contribution is 2.29. The van der Waals surface area contributed by atoms with E-state index in [0.717, 1.165) is 12.4 Å². The molecule has 0 saturated carbocycles. The Kier molecular flexibility index (Phi) is 7.06. The molecule has 0 aliphatic carbocycles. The van der Waals surface area contributed by atoms with Gasteiger partial charge >= 0.3 is 6.18 Å². The quantitative estimate of drug-likeness (QED) is 0.291. The molecule has 3 N–H and O–H groups in total. The second kappa shape index (κ2) is 9.94. The summed E-state index contributed by atoms with van der Waals surface area (Å²) < 4.78 is 54.5. The molecule has 37 heavy (non-hydrogen) atoms. The highest BCUT2D eigenvalue weighted by Gasteiger charge is 2.29. The number of carbonyl (C=O) groups is 1. The van der Waals surface area contributed by atoms with E-state index in [9.17, 15) is 27.5 Å². The van der Waals surface area contributed by atoms with Crippen molar-refractivity contribution in [1.29, 1.82) is 0 Å². The number of rotatable bonds is 8.